The molecule has 2 rings (SSSR count). The predicted octanol–water partition coefficient (Wildman–Crippen LogP) is 3.20. The minimum absolute atomic E-state index is 0.00694. The number of amides is 1. The van der Waals surface area contributed by atoms with Gasteiger partial charge in [0.1, 0.15) is 0 Å². The van der Waals surface area contributed by atoms with Crippen LogP contribution in [-0.2, 0) is 0 Å². The molecule has 88 valence electrons. The van der Waals surface area contributed by atoms with Crippen LogP contribution in [0.3, 0.4) is 0 Å². The first-order valence-electron chi connectivity index (χ1n) is 5.74. The Morgan fingerprint density at radius 1 is 1.62 bits per heavy atom. The molecule has 0 aliphatic heterocycles. The van der Waals surface area contributed by atoms with Crippen molar-refractivity contribution in [2.45, 2.75) is 26.2 Å². The number of hydrogen-bond donors (Lipinski definition) is 0. The number of carbonyl (C=O) groups excluding carboxylic acids is 1. The van der Waals surface area contributed by atoms with Gasteiger partial charge in [0.25, 0.3) is 5.91 Å². The van der Waals surface area contributed by atoms with Crippen molar-refractivity contribution in [1.82, 2.24) is 4.90 Å². The summed E-state index contributed by atoms with van der Waals surface area (Å²) in [6.07, 6.45) is 4.91. The lowest BCUT2D eigenvalue weighted by molar-refractivity contribution is 0.0747. The molecule has 0 atom stereocenters. The zero-order valence-corrected chi connectivity index (χ0v) is 10.2. The third-order valence-electron chi connectivity index (χ3n) is 2.80. The van der Waals surface area contributed by atoms with E-state index in [4.69, 9.17) is 16.0 Å². The Labute approximate surface area is 100 Å². The van der Waals surface area contributed by atoms with Crippen LogP contribution < -0.4 is 0 Å². The van der Waals surface area contributed by atoms with E-state index in [2.05, 4.69) is 6.92 Å². The Kier molecular flexibility index (Phi) is 3.54. The molecule has 1 aliphatic rings. The third kappa shape index (κ3) is 2.59. The van der Waals surface area contributed by atoms with Gasteiger partial charge in [-0.15, -0.1) is 0 Å². The van der Waals surface area contributed by atoms with E-state index in [-0.39, 0.29) is 11.1 Å². The molecular formula is C12H16ClNO2. The fraction of sp³-hybridized carbons (Fsp3) is 0.583. The average Bonchev–Trinajstić information content (AvgIpc) is 2.98. The molecule has 0 bridgehead atoms. The summed E-state index contributed by atoms with van der Waals surface area (Å²) in [5.41, 5.74) is 0.482. The maximum atomic E-state index is 12.2. The van der Waals surface area contributed by atoms with Crippen LogP contribution in [0.1, 0.15) is 36.5 Å². The number of rotatable bonds is 5. The Balaban J connectivity index is 2.06. The minimum Gasteiger partial charge on any atom is -0.452 e. The molecule has 0 aromatic carbocycles. The highest BCUT2D eigenvalue weighted by atomic mass is 35.5. The van der Waals surface area contributed by atoms with Crippen molar-refractivity contribution in [2.75, 3.05) is 13.1 Å². The van der Waals surface area contributed by atoms with Crippen molar-refractivity contribution in [3.05, 3.63) is 23.1 Å². The van der Waals surface area contributed by atoms with E-state index < -0.39 is 0 Å². The van der Waals surface area contributed by atoms with Crippen molar-refractivity contribution < 1.29 is 9.21 Å². The van der Waals surface area contributed by atoms with Gasteiger partial charge in [-0.1, -0.05) is 6.92 Å². The van der Waals surface area contributed by atoms with Crippen LogP contribution in [0.25, 0.3) is 0 Å². The summed E-state index contributed by atoms with van der Waals surface area (Å²) in [5.74, 6) is 0.689. The van der Waals surface area contributed by atoms with Crippen molar-refractivity contribution in [3.63, 3.8) is 0 Å². The molecule has 3 nitrogen and oxygen atoms in total. The van der Waals surface area contributed by atoms with Crippen LogP contribution in [0.2, 0.25) is 5.22 Å². The number of furan rings is 1. The van der Waals surface area contributed by atoms with Crippen LogP contribution in [-0.4, -0.2) is 23.9 Å². The lowest BCUT2D eigenvalue weighted by atomic mass is 10.2. The summed E-state index contributed by atoms with van der Waals surface area (Å²) in [6, 6.07) is 1.64. The van der Waals surface area contributed by atoms with Crippen LogP contribution in [0.4, 0.5) is 0 Å². The van der Waals surface area contributed by atoms with Crippen molar-refractivity contribution >= 4 is 17.5 Å². The fourth-order valence-electron chi connectivity index (χ4n) is 1.77. The fourth-order valence-corrected chi connectivity index (χ4v) is 1.97. The van der Waals surface area contributed by atoms with E-state index in [0.717, 1.165) is 19.5 Å². The second-order valence-electron chi connectivity index (χ2n) is 4.30. The van der Waals surface area contributed by atoms with Gasteiger partial charge in [0.15, 0.2) is 0 Å². The first-order chi connectivity index (χ1) is 7.72. The molecule has 0 unspecified atom stereocenters. The molecular weight excluding hydrogens is 226 g/mol. The molecule has 0 radical (unpaired) electrons. The van der Waals surface area contributed by atoms with Crippen LogP contribution in [0, 0.1) is 5.92 Å². The SMILES string of the molecule is CCCN(CC1CC1)C(=O)c1ccoc1Cl. The van der Waals surface area contributed by atoms with Gasteiger partial charge in [-0.2, -0.15) is 0 Å². The maximum absolute atomic E-state index is 12.2. The van der Waals surface area contributed by atoms with E-state index >= 15 is 0 Å². The molecule has 1 aromatic heterocycles. The Bertz CT molecular complexity index is 371. The lowest BCUT2D eigenvalue weighted by Gasteiger charge is -2.21. The third-order valence-corrected chi connectivity index (χ3v) is 3.10. The van der Waals surface area contributed by atoms with Gasteiger partial charge in [0, 0.05) is 13.1 Å². The number of hydrogen-bond acceptors (Lipinski definition) is 2. The summed E-state index contributed by atoms with van der Waals surface area (Å²) in [5, 5.41) is 0.196. The standard InChI is InChI=1S/C12H16ClNO2/c1-2-6-14(8-9-3-4-9)12(15)10-5-7-16-11(10)13/h5,7,9H,2-4,6,8H2,1H3. The smallest absolute Gasteiger partial charge is 0.258 e. The number of halogens is 1. The summed E-state index contributed by atoms with van der Waals surface area (Å²) in [6.45, 7) is 3.72. The average molecular weight is 242 g/mol. The van der Waals surface area contributed by atoms with Crippen molar-refractivity contribution in [3.8, 4) is 0 Å². The number of nitrogens with zero attached hydrogens (tertiary/aromatic N) is 1. The van der Waals surface area contributed by atoms with E-state index in [1.54, 1.807) is 6.07 Å². The van der Waals surface area contributed by atoms with E-state index in [0.29, 0.717) is 11.5 Å². The first-order valence-corrected chi connectivity index (χ1v) is 6.12. The Morgan fingerprint density at radius 2 is 2.38 bits per heavy atom. The molecule has 0 N–H and O–H groups in total. The molecule has 1 aromatic rings. The van der Waals surface area contributed by atoms with Gasteiger partial charge in [-0.3, -0.25) is 4.79 Å². The highest BCUT2D eigenvalue weighted by Gasteiger charge is 2.28. The first kappa shape index (κ1) is 11.5. The van der Waals surface area contributed by atoms with Crippen molar-refractivity contribution in [1.29, 1.82) is 0 Å². The topological polar surface area (TPSA) is 33.5 Å². The van der Waals surface area contributed by atoms with Crippen LogP contribution >= 0.6 is 11.6 Å². The predicted molar refractivity (Wildman–Crippen MR) is 62.6 cm³/mol. The van der Waals surface area contributed by atoms with Crippen LogP contribution in [0.5, 0.6) is 0 Å². The highest BCUT2D eigenvalue weighted by molar-refractivity contribution is 6.32. The zero-order chi connectivity index (χ0) is 11.5. The second kappa shape index (κ2) is 4.91. The molecule has 1 fully saturated rings. The summed E-state index contributed by atoms with van der Waals surface area (Å²) >= 11 is 5.82. The van der Waals surface area contributed by atoms with Crippen LogP contribution in [0.15, 0.2) is 16.7 Å². The molecule has 4 heteroatoms. The molecule has 0 saturated heterocycles. The monoisotopic (exact) mass is 241 g/mol. The summed E-state index contributed by atoms with van der Waals surface area (Å²) in [4.78, 5) is 14.0. The van der Waals surface area contributed by atoms with Crippen molar-refractivity contribution in [2.24, 2.45) is 5.92 Å². The summed E-state index contributed by atoms with van der Waals surface area (Å²) < 4.78 is 4.95. The second-order valence-corrected chi connectivity index (χ2v) is 4.65. The Morgan fingerprint density at radius 3 is 2.88 bits per heavy atom. The van der Waals surface area contributed by atoms with E-state index in [1.165, 1.54) is 19.1 Å². The summed E-state index contributed by atoms with van der Waals surface area (Å²) in [7, 11) is 0. The maximum Gasteiger partial charge on any atom is 0.258 e. The largest absolute Gasteiger partial charge is 0.452 e. The van der Waals surface area contributed by atoms with Gasteiger partial charge >= 0.3 is 0 Å². The zero-order valence-electron chi connectivity index (χ0n) is 9.41. The van der Waals surface area contributed by atoms with Gasteiger partial charge in [0.2, 0.25) is 5.22 Å². The van der Waals surface area contributed by atoms with E-state index in [9.17, 15) is 4.79 Å². The normalized spacial score (nSPS) is 15.1. The Hall–Kier alpha value is -0.960. The quantitative estimate of drug-likeness (QED) is 0.793. The van der Waals surface area contributed by atoms with Gasteiger partial charge in [0.05, 0.1) is 11.8 Å². The van der Waals surface area contributed by atoms with Gasteiger partial charge < -0.3 is 9.32 Å². The molecule has 0 spiro atoms. The minimum atomic E-state index is -0.00694. The number of carbonyl (C=O) groups is 1. The molecule has 1 aliphatic carbocycles. The van der Waals surface area contributed by atoms with E-state index in [1.807, 2.05) is 4.90 Å². The molecule has 16 heavy (non-hydrogen) atoms. The molecule has 1 saturated carbocycles. The molecule has 1 amide bonds. The van der Waals surface area contributed by atoms with Gasteiger partial charge in [-0.25, -0.2) is 0 Å². The highest BCUT2D eigenvalue weighted by Crippen LogP contribution is 2.30. The van der Waals surface area contributed by atoms with Gasteiger partial charge in [-0.05, 0) is 42.8 Å². The lowest BCUT2D eigenvalue weighted by Crippen LogP contribution is -2.33. The molecule has 1 heterocycles.